The van der Waals surface area contributed by atoms with Crippen molar-refractivity contribution in [3.8, 4) is 11.1 Å². The first-order valence-electron chi connectivity index (χ1n) is 6.70. The van der Waals surface area contributed by atoms with E-state index < -0.39 is 9.84 Å². The molecule has 2 rings (SSSR count). The monoisotopic (exact) mass is 289 g/mol. The Morgan fingerprint density at radius 1 is 0.900 bits per heavy atom. The van der Waals surface area contributed by atoms with E-state index >= 15 is 0 Å². The fraction of sp³-hybridized carbons (Fsp3) is 0.250. The van der Waals surface area contributed by atoms with Crippen molar-refractivity contribution in [1.82, 2.24) is 0 Å². The van der Waals surface area contributed by atoms with Gasteiger partial charge in [-0.3, -0.25) is 0 Å². The molecular weight excluding hydrogens is 270 g/mol. The Labute approximate surface area is 120 Å². The molecule has 0 fully saturated rings. The zero-order chi connectivity index (χ0) is 14.4. The highest BCUT2D eigenvalue weighted by molar-refractivity contribution is 7.91. The Bertz CT molecular complexity index is 634. The van der Waals surface area contributed by atoms with E-state index in [0.29, 0.717) is 6.54 Å². The van der Waals surface area contributed by atoms with Gasteiger partial charge >= 0.3 is 0 Å². The highest BCUT2D eigenvalue weighted by Crippen LogP contribution is 2.20. The SMILES string of the molecule is CCS(=O)(=O)CCNc1ccc(-c2ccccc2)cc1. The van der Waals surface area contributed by atoms with Gasteiger partial charge in [-0.25, -0.2) is 8.42 Å². The van der Waals surface area contributed by atoms with Crippen LogP contribution in [0.25, 0.3) is 11.1 Å². The van der Waals surface area contributed by atoms with Gasteiger partial charge in [0.1, 0.15) is 0 Å². The molecule has 0 saturated carbocycles. The summed E-state index contributed by atoms with van der Waals surface area (Å²) in [5.41, 5.74) is 3.26. The van der Waals surface area contributed by atoms with Crippen LogP contribution in [0.2, 0.25) is 0 Å². The lowest BCUT2D eigenvalue weighted by molar-refractivity contribution is 0.597. The number of benzene rings is 2. The normalized spacial score (nSPS) is 11.2. The summed E-state index contributed by atoms with van der Waals surface area (Å²) in [4.78, 5) is 0. The molecule has 106 valence electrons. The first kappa shape index (κ1) is 14.6. The second-order valence-corrected chi connectivity index (χ2v) is 7.08. The molecule has 0 spiro atoms. The summed E-state index contributed by atoms with van der Waals surface area (Å²) in [5.74, 6) is 0.367. The van der Waals surface area contributed by atoms with Crippen molar-refractivity contribution >= 4 is 15.5 Å². The minimum atomic E-state index is -2.90. The molecule has 1 N–H and O–H groups in total. The Morgan fingerprint density at radius 2 is 1.50 bits per heavy atom. The number of hydrogen-bond donors (Lipinski definition) is 1. The minimum Gasteiger partial charge on any atom is -0.384 e. The van der Waals surface area contributed by atoms with Gasteiger partial charge in [0.15, 0.2) is 9.84 Å². The molecule has 0 heterocycles. The van der Waals surface area contributed by atoms with Gasteiger partial charge in [-0.1, -0.05) is 49.4 Å². The number of sulfone groups is 1. The smallest absolute Gasteiger partial charge is 0.151 e. The molecule has 0 aliphatic heterocycles. The molecule has 0 atom stereocenters. The van der Waals surface area contributed by atoms with Gasteiger partial charge in [0.25, 0.3) is 0 Å². The lowest BCUT2D eigenvalue weighted by Crippen LogP contribution is -2.17. The van der Waals surface area contributed by atoms with Gasteiger partial charge in [0, 0.05) is 18.0 Å². The molecule has 4 heteroatoms. The average Bonchev–Trinajstić information content (AvgIpc) is 2.49. The average molecular weight is 289 g/mol. The van der Waals surface area contributed by atoms with Crippen LogP contribution in [0.3, 0.4) is 0 Å². The lowest BCUT2D eigenvalue weighted by atomic mass is 10.1. The maximum Gasteiger partial charge on any atom is 0.151 e. The second-order valence-electron chi connectivity index (χ2n) is 4.61. The summed E-state index contributed by atoms with van der Waals surface area (Å²) in [6.45, 7) is 2.12. The fourth-order valence-electron chi connectivity index (χ4n) is 1.91. The third-order valence-corrected chi connectivity index (χ3v) is 4.88. The highest BCUT2D eigenvalue weighted by Gasteiger charge is 2.06. The van der Waals surface area contributed by atoms with Gasteiger partial charge in [-0.05, 0) is 23.3 Å². The van der Waals surface area contributed by atoms with Crippen molar-refractivity contribution in [3.05, 3.63) is 54.6 Å². The van der Waals surface area contributed by atoms with E-state index in [4.69, 9.17) is 0 Å². The maximum atomic E-state index is 11.4. The summed E-state index contributed by atoms with van der Waals surface area (Å²) >= 11 is 0. The third kappa shape index (κ3) is 4.10. The molecule has 0 radical (unpaired) electrons. The number of rotatable bonds is 6. The van der Waals surface area contributed by atoms with Gasteiger partial charge in [-0.2, -0.15) is 0 Å². The zero-order valence-corrected chi connectivity index (χ0v) is 12.4. The Hall–Kier alpha value is -1.81. The minimum absolute atomic E-state index is 0.171. The van der Waals surface area contributed by atoms with Crippen molar-refractivity contribution in [2.45, 2.75) is 6.92 Å². The van der Waals surface area contributed by atoms with Gasteiger partial charge in [0.05, 0.1) is 5.75 Å². The van der Waals surface area contributed by atoms with Crippen molar-refractivity contribution < 1.29 is 8.42 Å². The van der Waals surface area contributed by atoms with Gasteiger partial charge in [-0.15, -0.1) is 0 Å². The molecule has 20 heavy (non-hydrogen) atoms. The molecule has 3 nitrogen and oxygen atoms in total. The van der Waals surface area contributed by atoms with Gasteiger partial charge < -0.3 is 5.32 Å². The second kappa shape index (κ2) is 6.57. The summed E-state index contributed by atoms with van der Waals surface area (Å²) in [5, 5.41) is 3.13. The first-order chi connectivity index (χ1) is 9.61. The Balaban J connectivity index is 1.96. The molecule has 0 aromatic heterocycles. The molecule has 0 amide bonds. The van der Waals surface area contributed by atoms with E-state index in [1.165, 1.54) is 5.56 Å². The Kier molecular flexibility index (Phi) is 4.79. The lowest BCUT2D eigenvalue weighted by Gasteiger charge is -2.07. The van der Waals surface area contributed by atoms with Crippen molar-refractivity contribution in [2.24, 2.45) is 0 Å². The summed E-state index contributed by atoms with van der Waals surface area (Å²) in [6, 6.07) is 18.2. The molecular formula is C16H19NO2S. The zero-order valence-electron chi connectivity index (χ0n) is 11.5. The first-order valence-corrected chi connectivity index (χ1v) is 8.52. The van der Waals surface area contributed by atoms with E-state index in [0.717, 1.165) is 11.3 Å². The van der Waals surface area contributed by atoms with E-state index in [1.54, 1.807) is 6.92 Å². The van der Waals surface area contributed by atoms with E-state index in [-0.39, 0.29) is 11.5 Å². The fourth-order valence-corrected chi connectivity index (χ4v) is 2.61. The Morgan fingerprint density at radius 3 is 2.10 bits per heavy atom. The van der Waals surface area contributed by atoms with Crippen LogP contribution in [-0.4, -0.2) is 26.5 Å². The van der Waals surface area contributed by atoms with Crippen LogP contribution in [0.15, 0.2) is 54.6 Å². The number of anilines is 1. The van der Waals surface area contributed by atoms with E-state index in [2.05, 4.69) is 17.4 Å². The molecule has 0 unspecified atom stereocenters. The number of hydrogen-bond acceptors (Lipinski definition) is 3. The van der Waals surface area contributed by atoms with Crippen molar-refractivity contribution in [3.63, 3.8) is 0 Å². The molecule has 0 saturated heterocycles. The van der Waals surface area contributed by atoms with Crippen LogP contribution in [0.1, 0.15) is 6.92 Å². The van der Waals surface area contributed by atoms with Crippen LogP contribution in [0.4, 0.5) is 5.69 Å². The molecule has 2 aromatic rings. The molecule has 0 aliphatic carbocycles. The van der Waals surface area contributed by atoms with Crippen molar-refractivity contribution in [1.29, 1.82) is 0 Å². The number of nitrogens with one attached hydrogen (secondary N) is 1. The van der Waals surface area contributed by atoms with Gasteiger partial charge in [0.2, 0.25) is 0 Å². The predicted octanol–water partition coefficient (Wildman–Crippen LogP) is 3.20. The maximum absolute atomic E-state index is 11.4. The van der Waals surface area contributed by atoms with Crippen LogP contribution < -0.4 is 5.32 Å². The summed E-state index contributed by atoms with van der Waals surface area (Å²) in [6.07, 6.45) is 0. The van der Waals surface area contributed by atoms with Crippen LogP contribution in [0, 0.1) is 0 Å². The largest absolute Gasteiger partial charge is 0.384 e. The molecule has 0 aliphatic rings. The summed E-state index contributed by atoms with van der Waals surface area (Å²) < 4.78 is 22.8. The van der Waals surface area contributed by atoms with Crippen LogP contribution in [0.5, 0.6) is 0 Å². The van der Waals surface area contributed by atoms with Crippen molar-refractivity contribution in [2.75, 3.05) is 23.4 Å². The third-order valence-electron chi connectivity index (χ3n) is 3.17. The van der Waals surface area contributed by atoms with Crippen LogP contribution in [-0.2, 0) is 9.84 Å². The summed E-state index contributed by atoms with van der Waals surface area (Å²) in [7, 11) is -2.90. The highest BCUT2D eigenvalue weighted by atomic mass is 32.2. The van der Waals surface area contributed by atoms with E-state index in [1.807, 2.05) is 42.5 Å². The molecule has 0 bridgehead atoms. The van der Waals surface area contributed by atoms with Crippen LogP contribution >= 0.6 is 0 Å². The quantitative estimate of drug-likeness (QED) is 0.888. The topological polar surface area (TPSA) is 46.2 Å². The van der Waals surface area contributed by atoms with E-state index in [9.17, 15) is 8.42 Å². The predicted molar refractivity (Wildman–Crippen MR) is 84.7 cm³/mol. The standard InChI is InChI=1S/C16H19NO2S/c1-2-20(18,19)13-12-17-16-10-8-15(9-11-16)14-6-4-3-5-7-14/h3-11,17H,2,12-13H2,1H3. The molecule has 2 aromatic carbocycles.